The van der Waals surface area contributed by atoms with Crippen molar-refractivity contribution in [1.82, 2.24) is 4.98 Å². The van der Waals surface area contributed by atoms with Crippen molar-refractivity contribution in [2.24, 2.45) is 5.16 Å². The summed E-state index contributed by atoms with van der Waals surface area (Å²) >= 11 is 0. The number of hydrogen-bond acceptors (Lipinski definition) is 3. The molecule has 4 heteroatoms. The highest BCUT2D eigenvalue weighted by atomic mass is 16.7. The van der Waals surface area contributed by atoms with Crippen molar-refractivity contribution in [1.29, 1.82) is 0 Å². The molecule has 0 spiro atoms. The van der Waals surface area contributed by atoms with E-state index in [1.807, 2.05) is 24.3 Å². The molecule has 0 saturated carbocycles. The average Bonchev–Trinajstić information content (AvgIpc) is 3.04. The van der Waals surface area contributed by atoms with Gasteiger partial charge in [0.05, 0.1) is 11.3 Å². The number of carbonyl (C=O) groups excluding carboxylic acids is 1. The molecule has 0 atom stereocenters. The molecule has 4 rings (SSSR count). The molecule has 3 aromatic rings. The first-order chi connectivity index (χ1) is 12.9. The molecule has 1 aliphatic rings. The number of carbonyl (C=O) groups is 1. The van der Waals surface area contributed by atoms with Crippen LogP contribution in [0.1, 0.15) is 60.8 Å². The second-order valence-electron chi connectivity index (χ2n) is 8.12. The molecule has 4 nitrogen and oxygen atoms in total. The fraction of sp³-hybridized carbons (Fsp3) is 0.304. The monoisotopic (exact) mass is 360 g/mol. The summed E-state index contributed by atoms with van der Waals surface area (Å²) in [7, 11) is 0. The van der Waals surface area contributed by atoms with Gasteiger partial charge in [-0.1, -0.05) is 56.3 Å². The second kappa shape index (κ2) is 6.69. The Morgan fingerprint density at radius 2 is 1.78 bits per heavy atom. The number of fused-ring (bicyclic) bond motifs is 3. The van der Waals surface area contributed by atoms with Crippen molar-refractivity contribution in [3.8, 4) is 0 Å². The number of para-hydroxylation sites is 1. The highest BCUT2D eigenvalue weighted by molar-refractivity contribution is 6.12. The number of aromatic amines is 1. The van der Waals surface area contributed by atoms with Gasteiger partial charge in [0.1, 0.15) is 0 Å². The zero-order chi connectivity index (χ0) is 19.0. The number of aromatic nitrogens is 1. The zero-order valence-electron chi connectivity index (χ0n) is 16.0. The van der Waals surface area contributed by atoms with E-state index in [1.165, 1.54) is 11.3 Å². The Morgan fingerprint density at radius 1 is 1.04 bits per heavy atom. The number of oxime groups is 1. The Balaban J connectivity index is 1.58. The minimum absolute atomic E-state index is 0.0521. The van der Waals surface area contributed by atoms with Crippen LogP contribution in [-0.4, -0.2) is 16.7 Å². The molecular formula is C23H24N2O2. The van der Waals surface area contributed by atoms with Crippen LogP contribution in [-0.2, 0) is 16.7 Å². The lowest BCUT2D eigenvalue weighted by Crippen LogP contribution is -2.13. The number of nitrogens with zero attached hydrogens (tertiary/aromatic N) is 1. The van der Waals surface area contributed by atoms with Gasteiger partial charge in [-0.2, -0.15) is 0 Å². The Labute approximate surface area is 159 Å². The molecule has 0 unspecified atom stereocenters. The van der Waals surface area contributed by atoms with E-state index in [2.05, 4.69) is 43.0 Å². The van der Waals surface area contributed by atoms with E-state index < -0.39 is 5.97 Å². The van der Waals surface area contributed by atoms with Crippen LogP contribution in [0.2, 0.25) is 0 Å². The molecule has 1 heterocycles. The van der Waals surface area contributed by atoms with Gasteiger partial charge < -0.3 is 9.82 Å². The van der Waals surface area contributed by atoms with Crippen molar-refractivity contribution in [2.45, 2.75) is 45.4 Å². The molecule has 0 saturated heterocycles. The first-order valence-corrected chi connectivity index (χ1v) is 9.42. The standard InChI is InChI=1S/C23H24N2O2/c1-23(2,3)16-13-11-15(12-14-16)22(26)27-25-20-10-6-9-19-21(20)17-7-4-5-8-18(17)24-19/h4-5,7-8,11-14,24H,6,9-10H2,1-3H3/b25-20+. The van der Waals surface area contributed by atoms with E-state index in [0.717, 1.165) is 41.4 Å². The summed E-state index contributed by atoms with van der Waals surface area (Å²) in [6.45, 7) is 6.44. The Hall–Kier alpha value is -2.88. The predicted octanol–water partition coefficient (Wildman–Crippen LogP) is 5.36. The minimum atomic E-state index is -0.421. The van der Waals surface area contributed by atoms with E-state index in [9.17, 15) is 4.79 Å². The van der Waals surface area contributed by atoms with Crippen LogP contribution in [0.3, 0.4) is 0 Å². The van der Waals surface area contributed by atoms with Crippen LogP contribution in [0.25, 0.3) is 10.9 Å². The van der Waals surface area contributed by atoms with Gasteiger partial charge >= 0.3 is 5.97 Å². The third kappa shape index (κ3) is 3.39. The molecule has 138 valence electrons. The fourth-order valence-corrected chi connectivity index (χ4v) is 3.62. The van der Waals surface area contributed by atoms with Crippen LogP contribution in [0, 0.1) is 0 Å². The smallest absolute Gasteiger partial charge is 0.358 e. The van der Waals surface area contributed by atoms with Crippen LogP contribution in [0.15, 0.2) is 53.7 Å². The van der Waals surface area contributed by atoms with E-state index in [1.54, 1.807) is 12.1 Å². The quantitative estimate of drug-likeness (QED) is 0.494. The van der Waals surface area contributed by atoms with Gasteiger partial charge in [0, 0.05) is 22.2 Å². The summed E-state index contributed by atoms with van der Waals surface area (Å²) in [6.07, 6.45) is 2.80. The van der Waals surface area contributed by atoms with Gasteiger partial charge in [0.25, 0.3) is 0 Å². The third-order valence-electron chi connectivity index (χ3n) is 5.14. The third-order valence-corrected chi connectivity index (χ3v) is 5.14. The van der Waals surface area contributed by atoms with Gasteiger partial charge in [0.15, 0.2) is 0 Å². The van der Waals surface area contributed by atoms with Crippen molar-refractivity contribution >= 4 is 22.6 Å². The van der Waals surface area contributed by atoms with Crippen molar-refractivity contribution in [3.63, 3.8) is 0 Å². The summed E-state index contributed by atoms with van der Waals surface area (Å²) in [6, 6.07) is 15.7. The lowest BCUT2D eigenvalue weighted by Gasteiger charge is -2.18. The fourth-order valence-electron chi connectivity index (χ4n) is 3.62. The summed E-state index contributed by atoms with van der Waals surface area (Å²) in [5.74, 6) is -0.421. The highest BCUT2D eigenvalue weighted by Crippen LogP contribution is 2.29. The molecule has 0 bridgehead atoms. The summed E-state index contributed by atoms with van der Waals surface area (Å²) < 4.78 is 0. The Bertz CT molecular complexity index is 1020. The summed E-state index contributed by atoms with van der Waals surface area (Å²) in [5.41, 5.74) is 5.95. The minimum Gasteiger partial charge on any atom is -0.358 e. The van der Waals surface area contributed by atoms with E-state index >= 15 is 0 Å². The van der Waals surface area contributed by atoms with Crippen molar-refractivity contribution < 1.29 is 9.63 Å². The molecule has 1 aliphatic carbocycles. The zero-order valence-corrected chi connectivity index (χ0v) is 16.0. The number of aryl methyl sites for hydroxylation is 1. The van der Waals surface area contributed by atoms with E-state index in [0.29, 0.717) is 5.56 Å². The van der Waals surface area contributed by atoms with Gasteiger partial charge in [-0.3, -0.25) is 0 Å². The Kier molecular flexibility index (Phi) is 4.34. The van der Waals surface area contributed by atoms with Crippen LogP contribution in [0.5, 0.6) is 0 Å². The number of hydrogen-bond donors (Lipinski definition) is 1. The molecule has 27 heavy (non-hydrogen) atoms. The lowest BCUT2D eigenvalue weighted by molar-refractivity contribution is 0.0515. The van der Waals surface area contributed by atoms with Gasteiger partial charge in [-0.25, -0.2) is 4.79 Å². The summed E-state index contributed by atoms with van der Waals surface area (Å²) in [4.78, 5) is 21.2. The maximum Gasteiger partial charge on any atom is 0.365 e. The molecule has 0 radical (unpaired) electrons. The van der Waals surface area contributed by atoms with Crippen molar-refractivity contribution in [3.05, 3.63) is 70.9 Å². The van der Waals surface area contributed by atoms with Gasteiger partial charge in [-0.05, 0) is 48.4 Å². The SMILES string of the molecule is CC(C)(C)c1ccc(C(=O)O/N=C2\CCCc3[nH]c4ccccc4c32)cc1. The lowest BCUT2D eigenvalue weighted by atomic mass is 9.87. The Morgan fingerprint density at radius 3 is 2.52 bits per heavy atom. The van der Waals surface area contributed by atoms with Crippen LogP contribution in [0.4, 0.5) is 0 Å². The molecule has 0 aliphatic heterocycles. The number of benzene rings is 2. The molecule has 0 amide bonds. The van der Waals surface area contributed by atoms with Crippen LogP contribution < -0.4 is 0 Å². The van der Waals surface area contributed by atoms with Crippen molar-refractivity contribution in [2.75, 3.05) is 0 Å². The molecule has 1 N–H and O–H groups in total. The van der Waals surface area contributed by atoms with Crippen LogP contribution >= 0.6 is 0 Å². The highest BCUT2D eigenvalue weighted by Gasteiger charge is 2.22. The maximum atomic E-state index is 12.4. The molecule has 2 aromatic carbocycles. The van der Waals surface area contributed by atoms with E-state index in [4.69, 9.17) is 4.84 Å². The predicted molar refractivity (Wildman–Crippen MR) is 108 cm³/mol. The first-order valence-electron chi connectivity index (χ1n) is 9.42. The van der Waals surface area contributed by atoms with E-state index in [-0.39, 0.29) is 5.41 Å². The molecular weight excluding hydrogens is 336 g/mol. The van der Waals surface area contributed by atoms with Gasteiger partial charge in [-0.15, -0.1) is 0 Å². The topological polar surface area (TPSA) is 54.4 Å². The molecule has 0 fully saturated rings. The molecule has 1 aromatic heterocycles. The number of H-pyrrole nitrogens is 1. The first kappa shape index (κ1) is 17.5. The largest absolute Gasteiger partial charge is 0.365 e. The number of rotatable bonds is 2. The van der Waals surface area contributed by atoms with Gasteiger partial charge in [0.2, 0.25) is 0 Å². The normalized spacial score (nSPS) is 15.7. The number of nitrogens with one attached hydrogen (secondary N) is 1. The maximum absolute atomic E-state index is 12.4. The second-order valence-corrected chi connectivity index (χ2v) is 8.12. The average molecular weight is 360 g/mol. The summed E-state index contributed by atoms with van der Waals surface area (Å²) in [5, 5.41) is 5.38.